The highest BCUT2D eigenvalue weighted by atomic mass is 16.6. The number of nitrogens with zero attached hydrogens (tertiary/aromatic N) is 1. The Bertz CT molecular complexity index is 1070. The van der Waals surface area contributed by atoms with Gasteiger partial charge in [-0.05, 0) is 42.8 Å². The van der Waals surface area contributed by atoms with Crippen LogP contribution < -0.4 is 14.8 Å². The molecule has 3 amide bonds. The minimum absolute atomic E-state index is 0.0309. The van der Waals surface area contributed by atoms with Crippen LogP contribution in [0.25, 0.3) is 6.08 Å². The van der Waals surface area contributed by atoms with E-state index in [4.69, 9.17) is 13.9 Å². The van der Waals surface area contributed by atoms with Crippen molar-refractivity contribution < 1.29 is 37.8 Å². The van der Waals surface area contributed by atoms with Gasteiger partial charge in [-0.15, -0.1) is 0 Å². The van der Waals surface area contributed by atoms with Crippen LogP contribution in [0.1, 0.15) is 35.7 Å². The van der Waals surface area contributed by atoms with E-state index in [0.29, 0.717) is 17.9 Å². The summed E-state index contributed by atoms with van der Waals surface area (Å²) in [7, 11) is 1.22. The zero-order valence-electron chi connectivity index (χ0n) is 17.1. The molecule has 0 atom stereocenters. The van der Waals surface area contributed by atoms with E-state index in [0.717, 1.165) is 4.90 Å². The summed E-state index contributed by atoms with van der Waals surface area (Å²) < 4.78 is 20.5. The van der Waals surface area contributed by atoms with Crippen LogP contribution in [0, 0.1) is 0 Å². The molecular formula is C21H20N2O8. The fourth-order valence-electron chi connectivity index (χ4n) is 2.83. The van der Waals surface area contributed by atoms with Crippen molar-refractivity contribution in [3.8, 4) is 11.5 Å². The van der Waals surface area contributed by atoms with Crippen molar-refractivity contribution in [3.63, 3.8) is 0 Å². The molecule has 1 saturated heterocycles. The van der Waals surface area contributed by atoms with E-state index in [1.807, 2.05) is 0 Å². The molecular weight excluding hydrogens is 408 g/mol. The summed E-state index contributed by atoms with van der Waals surface area (Å²) in [6.45, 7) is 3.24. The number of hydrogen-bond acceptors (Lipinski definition) is 8. The number of esters is 2. The van der Waals surface area contributed by atoms with Crippen LogP contribution in [-0.4, -0.2) is 42.5 Å². The number of carbonyl (C=O) groups excluding carboxylic acids is 4. The fraction of sp³-hybridized carbons (Fsp3) is 0.238. The fourth-order valence-corrected chi connectivity index (χ4v) is 2.83. The van der Waals surface area contributed by atoms with Crippen molar-refractivity contribution >= 4 is 30.0 Å². The minimum Gasteiger partial charge on any atom is -0.490 e. The number of imide groups is 1. The number of hydrogen-bond donors (Lipinski definition) is 1. The zero-order chi connectivity index (χ0) is 22.5. The Morgan fingerprint density at radius 2 is 1.94 bits per heavy atom. The number of nitrogens with one attached hydrogen (secondary N) is 1. The summed E-state index contributed by atoms with van der Waals surface area (Å²) in [6.07, 6.45) is 1.47. The number of benzene rings is 1. The van der Waals surface area contributed by atoms with Crippen molar-refractivity contribution in [2.24, 2.45) is 0 Å². The molecule has 10 nitrogen and oxygen atoms in total. The van der Waals surface area contributed by atoms with E-state index >= 15 is 0 Å². The average molecular weight is 428 g/mol. The smallest absolute Gasteiger partial charge is 0.373 e. The number of furan rings is 1. The van der Waals surface area contributed by atoms with E-state index in [1.165, 1.54) is 38.3 Å². The quantitative estimate of drug-likeness (QED) is 0.309. The maximum atomic E-state index is 12.7. The van der Waals surface area contributed by atoms with Crippen LogP contribution in [-0.2, 0) is 20.9 Å². The predicted molar refractivity (Wildman–Crippen MR) is 106 cm³/mol. The van der Waals surface area contributed by atoms with E-state index in [9.17, 15) is 19.2 Å². The summed E-state index contributed by atoms with van der Waals surface area (Å²) in [5, 5.41) is 2.50. The predicted octanol–water partition coefficient (Wildman–Crippen LogP) is 2.48. The van der Waals surface area contributed by atoms with Crippen molar-refractivity contribution in [2.45, 2.75) is 20.4 Å². The molecule has 1 N–H and O–H groups in total. The first-order valence-corrected chi connectivity index (χ1v) is 9.29. The summed E-state index contributed by atoms with van der Waals surface area (Å²) >= 11 is 0. The van der Waals surface area contributed by atoms with Crippen molar-refractivity contribution in [1.82, 2.24) is 10.2 Å². The van der Waals surface area contributed by atoms with Gasteiger partial charge in [0.2, 0.25) is 5.76 Å². The van der Waals surface area contributed by atoms with Crippen molar-refractivity contribution in [1.29, 1.82) is 0 Å². The number of ether oxygens (including phenoxy) is 3. The van der Waals surface area contributed by atoms with Gasteiger partial charge in [-0.3, -0.25) is 14.5 Å². The normalized spacial score (nSPS) is 14.5. The van der Waals surface area contributed by atoms with Gasteiger partial charge in [0, 0.05) is 6.92 Å². The summed E-state index contributed by atoms with van der Waals surface area (Å²) in [6, 6.07) is 6.99. The van der Waals surface area contributed by atoms with Gasteiger partial charge in [0.25, 0.3) is 5.91 Å². The highest BCUT2D eigenvalue weighted by Crippen LogP contribution is 2.30. The molecule has 0 unspecified atom stereocenters. The van der Waals surface area contributed by atoms with Crippen LogP contribution >= 0.6 is 0 Å². The third-order valence-corrected chi connectivity index (χ3v) is 4.16. The number of amides is 3. The third-order valence-electron chi connectivity index (χ3n) is 4.16. The molecule has 10 heteroatoms. The lowest BCUT2D eigenvalue weighted by Crippen LogP contribution is -2.30. The first-order valence-electron chi connectivity index (χ1n) is 9.29. The molecule has 1 aliphatic rings. The maximum Gasteiger partial charge on any atom is 0.373 e. The van der Waals surface area contributed by atoms with Gasteiger partial charge in [-0.2, -0.15) is 0 Å². The second-order valence-corrected chi connectivity index (χ2v) is 6.37. The molecule has 1 aliphatic heterocycles. The Kier molecular flexibility index (Phi) is 6.39. The summed E-state index contributed by atoms with van der Waals surface area (Å²) in [5.41, 5.74) is 0.600. The van der Waals surface area contributed by atoms with Gasteiger partial charge < -0.3 is 23.9 Å². The van der Waals surface area contributed by atoms with Gasteiger partial charge in [0.15, 0.2) is 11.5 Å². The van der Waals surface area contributed by atoms with Gasteiger partial charge in [0.05, 0.1) is 20.3 Å². The van der Waals surface area contributed by atoms with Crippen LogP contribution in [0.3, 0.4) is 0 Å². The van der Waals surface area contributed by atoms with E-state index in [2.05, 4.69) is 10.1 Å². The molecule has 162 valence electrons. The second-order valence-electron chi connectivity index (χ2n) is 6.37. The molecule has 1 aromatic carbocycles. The van der Waals surface area contributed by atoms with E-state index < -0.39 is 23.9 Å². The molecule has 0 spiro atoms. The maximum absolute atomic E-state index is 12.7. The third kappa shape index (κ3) is 4.92. The molecule has 0 radical (unpaired) electrons. The molecule has 31 heavy (non-hydrogen) atoms. The Balaban J connectivity index is 1.79. The van der Waals surface area contributed by atoms with Crippen molar-refractivity contribution in [3.05, 3.63) is 53.1 Å². The highest BCUT2D eigenvalue weighted by Gasteiger charge is 2.34. The first kappa shape index (κ1) is 21.6. The van der Waals surface area contributed by atoms with Crippen LogP contribution in [0.2, 0.25) is 0 Å². The number of carbonyl (C=O) groups is 4. The number of methoxy groups -OCH3 is 1. The molecule has 0 bridgehead atoms. The molecule has 2 heterocycles. The Morgan fingerprint density at radius 1 is 1.16 bits per heavy atom. The minimum atomic E-state index is -0.661. The Labute approximate surface area is 177 Å². The van der Waals surface area contributed by atoms with Crippen LogP contribution in [0.5, 0.6) is 11.5 Å². The Hall–Kier alpha value is -4.08. The first-order chi connectivity index (χ1) is 14.8. The molecule has 1 aromatic heterocycles. The Morgan fingerprint density at radius 3 is 2.61 bits per heavy atom. The van der Waals surface area contributed by atoms with E-state index in [1.54, 1.807) is 19.1 Å². The lowest BCUT2D eigenvalue weighted by molar-refractivity contribution is -0.132. The monoisotopic (exact) mass is 428 g/mol. The van der Waals surface area contributed by atoms with Gasteiger partial charge in [-0.25, -0.2) is 9.59 Å². The van der Waals surface area contributed by atoms with Gasteiger partial charge in [-0.1, -0.05) is 6.07 Å². The second kappa shape index (κ2) is 9.16. The zero-order valence-corrected chi connectivity index (χ0v) is 17.1. The molecule has 0 saturated carbocycles. The molecule has 0 aliphatic carbocycles. The molecule has 1 fully saturated rings. The lowest BCUT2D eigenvalue weighted by Gasteiger charge is -2.10. The standard InChI is InChI=1S/C21H20N2O8/c1-4-29-18-10-13(5-7-16(18)30-12(2)24)9-15-19(25)23(21(27)22-15)11-14-6-8-17(31-14)20(26)28-3/h5-10H,4,11H2,1-3H3,(H,22,27)/b15-9-. The van der Waals surface area contributed by atoms with Gasteiger partial charge >= 0.3 is 18.0 Å². The van der Waals surface area contributed by atoms with Gasteiger partial charge in [0.1, 0.15) is 11.5 Å². The van der Waals surface area contributed by atoms with Crippen LogP contribution in [0.15, 0.2) is 40.4 Å². The average Bonchev–Trinajstić information content (AvgIpc) is 3.30. The largest absolute Gasteiger partial charge is 0.490 e. The number of urea groups is 1. The molecule has 3 rings (SSSR count). The topological polar surface area (TPSA) is 124 Å². The molecule has 2 aromatic rings. The van der Waals surface area contributed by atoms with E-state index in [-0.39, 0.29) is 29.5 Å². The van der Waals surface area contributed by atoms with Crippen molar-refractivity contribution in [2.75, 3.05) is 13.7 Å². The lowest BCUT2D eigenvalue weighted by atomic mass is 10.1. The highest BCUT2D eigenvalue weighted by molar-refractivity contribution is 6.13. The van der Waals surface area contributed by atoms with Crippen LogP contribution in [0.4, 0.5) is 4.79 Å². The summed E-state index contributed by atoms with van der Waals surface area (Å²) in [5.74, 6) is -0.930. The number of rotatable bonds is 7. The summed E-state index contributed by atoms with van der Waals surface area (Å²) in [4.78, 5) is 48.6. The SMILES string of the molecule is CCOc1cc(/C=C2\NC(=O)N(Cc3ccc(C(=O)OC)o3)C2=O)ccc1OC(C)=O.